The molecule has 20 heavy (non-hydrogen) atoms. The quantitative estimate of drug-likeness (QED) is 0.629. The Bertz CT molecular complexity index is 234. The van der Waals surface area contributed by atoms with E-state index >= 15 is 0 Å². The summed E-state index contributed by atoms with van der Waals surface area (Å²) in [4.78, 5) is 2.22. The van der Waals surface area contributed by atoms with Crippen LogP contribution in [0, 0.1) is 0 Å². The standard InChI is InChI=1S/C15H31NO4/c1-13(11-19-2)20-12-15(18)10-16(8-9-17)14-6-4-3-5-7-14/h13-15,17-18H,3-12H2,1-2H3. The zero-order chi connectivity index (χ0) is 14.8. The van der Waals surface area contributed by atoms with E-state index in [1.165, 1.54) is 32.1 Å². The van der Waals surface area contributed by atoms with Crippen LogP contribution in [0.1, 0.15) is 39.0 Å². The van der Waals surface area contributed by atoms with Crippen molar-refractivity contribution in [1.29, 1.82) is 0 Å². The van der Waals surface area contributed by atoms with Gasteiger partial charge in [0.15, 0.2) is 0 Å². The van der Waals surface area contributed by atoms with Crippen molar-refractivity contribution in [2.75, 3.05) is 40.0 Å². The molecule has 2 atom stereocenters. The molecule has 0 saturated heterocycles. The number of aliphatic hydroxyl groups excluding tert-OH is 2. The van der Waals surface area contributed by atoms with Gasteiger partial charge >= 0.3 is 0 Å². The highest BCUT2D eigenvalue weighted by molar-refractivity contribution is 4.77. The van der Waals surface area contributed by atoms with E-state index in [2.05, 4.69) is 4.90 Å². The van der Waals surface area contributed by atoms with E-state index < -0.39 is 6.10 Å². The van der Waals surface area contributed by atoms with Crippen molar-refractivity contribution in [3.63, 3.8) is 0 Å². The molecule has 0 radical (unpaired) electrons. The summed E-state index contributed by atoms with van der Waals surface area (Å²) in [6.45, 7) is 4.14. The van der Waals surface area contributed by atoms with Gasteiger partial charge in [0.25, 0.3) is 0 Å². The van der Waals surface area contributed by atoms with Gasteiger partial charge in [0, 0.05) is 26.2 Å². The van der Waals surface area contributed by atoms with E-state index in [9.17, 15) is 10.2 Å². The van der Waals surface area contributed by atoms with Crippen LogP contribution in [-0.4, -0.2) is 73.4 Å². The Morgan fingerprint density at radius 1 is 1.20 bits per heavy atom. The number of rotatable bonds is 10. The second-order valence-corrected chi connectivity index (χ2v) is 5.76. The molecule has 120 valence electrons. The Morgan fingerprint density at radius 2 is 1.90 bits per heavy atom. The van der Waals surface area contributed by atoms with Crippen molar-refractivity contribution < 1.29 is 19.7 Å². The molecule has 1 saturated carbocycles. The lowest BCUT2D eigenvalue weighted by molar-refractivity contribution is -0.0453. The molecule has 0 aromatic carbocycles. The monoisotopic (exact) mass is 289 g/mol. The second kappa shape index (κ2) is 10.5. The molecule has 1 fully saturated rings. The van der Waals surface area contributed by atoms with Crippen LogP contribution in [0.3, 0.4) is 0 Å². The molecule has 0 bridgehead atoms. The molecule has 5 heteroatoms. The lowest BCUT2D eigenvalue weighted by Gasteiger charge is -2.35. The number of aliphatic hydroxyl groups is 2. The summed E-state index contributed by atoms with van der Waals surface area (Å²) in [6, 6.07) is 0.502. The highest BCUT2D eigenvalue weighted by Crippen LogP contribution is 2.22. The van der Waals surface area contributed by atoms with Gasteiger partial charge in [0.05, 0.1) is 32.0 Å². The van der Waals surface area contributed by atoms with Gasteiger partial charge < -0.3 is 19.7 Å². The molecule has 0 aliphatic heterocycles. The smallest absolute Gasteiger partial charge is 0.0900 e. The summed E-state index contributed by atoms with van der Waals surface area (Å²) in [6.07, 6.45) is 5.65. The lowest BCUT2D eigenvalue weighted by atomic mass is 9.94. The Labute approximate surface area is 122 Å². The molecule has 2 unspecified atom stereocenters. The molecule has 1 aliphatic carbocycles. The minimum atomic E-state index is -0.511. The Morgan fingerprint density at radius 3 is 2.50 bits per heavy atom. The third-order valence-corrected chi connectivity index (χ3v) is 3.90. The van der Waals surface area contributed by atoms with Crippen LogP contribution in [0.5, 0.6) is 0 Å². The van der Waals surface area contributed by atoms with Gasteiger partial charge in [-0.1, -0.05) is 19.3 Å². The van der Waals surface area contributed by atoms with Gasteiger partial charge in [-0.3, -0.25) is 4.90 Å². The minimum Gasteiger partial charge on any atom is -0.395 e. The zero-order valence-corrected chi connectivity index (χ0v) is 13.0. The fraction of sp³-hybridized carbons (Fsp3) is 1.00. The summed E-state index contributed by atoms with van der Waals surface area (Å²) < 4.78 is 10.5. The van der Waals surface area contributed by atoms with Gasteiger partial charge in [0.1, 0.15) is 0 Å². The van der Waals surface area contributed by atoms with Gasteiger partial charge in [-0.05, 0) is 19.8 Å². The first-order chi connectivity index (χ1) is 9.67. The third kappa shape index (κ3) is 6.99. The Balaban J connectivity index is 2.31. The lowest BCUT2D eigenvalue weighted by Crippen LogP contribution is -2.44. The largest absolute Gasteiger partial charge is 0.395 e. The summed E-state index contributed by atoms with van der Waals surface area (Å²) in [5, 5.41) is 19.3. The highest BCUT2D eigenvalue weighted by atomic mass is 16.5. The van der Waals surface area contributed by atoms with E-state index in [0.29, 0.717) is 32.3 Å². The first-order valence-electron chi connectivity index (χ1n) is 7.80. The van der Waals surface area contributed by atoms with Crippen molar-refractivity contribution in [1.82, 2.24) is 4.90 Å². The Kier molecular flexibility index (Phi) is 9.39. The van der Waals surface area contributed by atoms with E-state index in [1.54, 1.807) is 7.11 Å². The van der Waals surface area contributed by atoms with Gasteiger partial charge in [0.2, 0.25) is 0 Å². The first kappa shape index (κ1) is 17.9. The molecule has 5 nitrogen and oxygen atoms in total. The number of ether oxygens (including phenoxy) is 2. The zero-order valence-electron chi connectivity index (χ0n) is 13.0. The highest BCUT2D eigenvalue weighted by Gasteiger charge is 2.23. The molecular formula is C15H31NO4. The summed E-state index contributed by atoms with van der Waals surface area (Å²) >= 11 is 0. The Hall–Kier alpha value is -0.200. The number of hydrogen-bond donors (Lipinski definition) is 2. The minimum absolute atomic E-state index is 0.00405. The average Bonchev–Trinajstić information content (AvgIpc) is 2.46. The molecule has 0 spiro atoms. The number of hydrogen-bond acceptors (Lipinski definition) is 5. The topological polar surface area (TPSA) is 62.2 Å². The van der Waals surface area contributed by atoms with Gasteiger partial charge in [-0.2, -0.15) is 0 Å². The predicted molar refractivity (Wildman–Crippen MR) is 78.8 cm³/mol. The summed E-state index contributed by atoms with van der Waals surface area (Å²) in [7, 11) is 1.64. The van der Waals surface area contributed by atoms with Crippen molar-refractivity contribution in [2.24, 2.45) is 0 Å². The summed E-state index contributed by atoms with van der Waals surface area (Å²) in [5.74, 6) is 0. The van der Waals surface area contributed by atoms with Crippen molar-refractivity contribution in [3.05, 3.63) is 0 Å². The van der Waals surface area contributed by atoms with Crippen LogP contribution < -0.4 is 0 Å². The maximum absolute atomic E-state index is 10.1. The SMILES string of the molecule is COCC(C)OCC(O)CN(CCO)C1CCCCC1. The van der Waals surface area contributed by atoms with Crippen LogP contribution in [0.2, 0.25) is 0 Å². The average molecular weight is 289 g/mol. The van der Waals surface area contributed by atoms with E-state index in [0.717, 1.165) is 0 Å². The van der Waals surface area contributed by atoms with Crippen LogP contribution in [0.25, 0.3) is 0 Å². The molecule has 0 heterocycles. The maximum Gasteiger partial charge on any atom is 0.0900 e. The van der Waals surface area contributed by atoms with Crippen LogP contribution >= 0.6 is 0 Å². The van der Waals surface area contributed by atoms with Crippen molar-refractivity contribution in [2.45, 2.75) is 57.3 Å². The van der Waals surface area contributed by atoms with Crippen LogP contribution in [0.4, 0.5) is 0 Å². The molecule has 2 N–H and O–H groups in total. The molecule has 0 aromatic rings. The third-order valence-electron chi connectivity index (χ3n) is 3.90. The number of nitrogens with zero attached hydrogens (tertiary/aromatic N) is 1. The maximum atomic E-state index is 10.1. The van der Waals surface area contributed by atoms with Gasteiger partial charge in [-0.15, -0.1) is 0 Å². The molecule has 1 rings (SSSR count). The normalized spacial score (nSPS) is 20.2. The number of methoxy groups -OCH3 is 1. The second-order valence-electron chi connectivity index (χ2n) is 5.76. The van der Waals surface area contributed by atoms with Crippen molar-refractivity contribution >= 4 is 0 Å². The van der Waals surface area contributed by atoms with Crippen molar-refractivity contribution in [3.8, 4) is 0 Å². The van der Waals surface area contributed by atoms with E-state index in [4.69, 9.17) is 9.47 Å². The molecule has 1 aliphatic rings. The predicted octanol–water partition coefficient (Wildman–Crippen LogP) is 1.03. The van der Waals surface area contributed by atoms with E-state index in [1.807, 2.05) is 6.92 Å². The van der Waals surface area contributed by atoms with Gasteiger partial charge in [-0.25, -0.2) is 0 Å². The van der Waals surface area contributed by atoms with Crippen LogP contribution in [-0.2, 0) is 9.47 Å². The molecular weight excluding hydrogens is 258 g/mol. The van der Waals surface area contributed by atoms with E-state index in [-0.39, 0.29) is 12.7 Å². The molecule has 0 amide bonds. The summed E-state index contributed by atoms with van der Waals surface area (Å²) in [5.41, 5.74) is 0. The molecule has 0 aromatic heterocycles. The fourth-order valence-corrected chi connectivity index (χ4v) is 2.88. The fourth-order valence-electron chi connectivity index (χ4n) is 2.88. The first-order valence-corrected chi connectivity index (χ1v) is 7.80. The van der Waals surface area contributed by atoms with Crippen LogP contribution in [0.15, 0.2) is 0 Å².